The molecule has 6 amide bonds. The summed E-state index contributed by atoms with van der Waals surface area (Å²) in [6, 6.07) is -2.50. The van der Waals surface area contributed by atoms with Crippen LogP contribution in [0.4, 0.5) is 0 Å². The molecule has 0 aromatic heterocycles. The number of nitrogens with one attached hydrogen (secondary N) is 6. The van der Waals surface area contributed by atoms with E-state index in [4.69, 9.17) is 5.73 Å². The van der Waals surface area contributed by atoms with Gasteiger partial charge < -0.3 is 37.6 Å². The van der Waals surface area contributed by atoms with Gasteiger partial charge in [-0.2, -0.15) is 0 Å². The van der Waals surface area contributed by atoms with E-state index in [1.807, 2.05) is 13.8 Å². The second kappa shape index (κ2) is 29.5. The van der Waals surface area contributed by atoms with E-state index >= 15 is 0 Å². The zero-order valence-electron chi connectivity index (χ0n) is 32.1. The highest BCUT2D eigenvalue weighted by Crippen LogP contribution is 2.13. The molecule has 50 heavy (non-hydrogen) atoms. The molecule has 0 aliphatic heterocycles. The zero-order valence-corrected chi connectivity index (χ0v) is 32.1. The molecule has 0 fully saturated rings. The maximum Gasteiger partial charge on any atom is 0.243 e. The molecule has 0 aliphatic carbocycles. The van der Waals surface area contributed by atoms with Crippen molar-refractivity contribution in [3.05, 3.63) is 0 Å². The molecule has 0 rings (SSSR count). The summed E-state index contributed by atoms with van der Waals surface area (Å²) in [6.45, 7) is 9.13. The van der Waals surface area contributed by atoms with Crippen molar-refractivity contribution in [1.82, 2.24) is 31.9 Å². The molecular weight excluding hydrogens is 638 g/mol. The minimum absolute atomic E-state index is 0.189. The van der Waals surface area contributed by atoms with Gasteiger partial charge in [-0.1, -0.05) is 112 Å². The smallest absolute Gasteiger partial charge is 0.243 e. The summed E-state index contributed by atoms with van der Waals surface area (Å²) in [7, 11) is 1.47. The van der Waals surface area contributed by atoms with Crippen molar-refractivity contribution in [2.45, 2.75) is 162 Å². The van der Waals surface area contributed by atoms with Crippen LogP contribution < -0.4 is 37.6 Å². The Bertz CT molecular complexity index is 991. The third-order valence-corrected chi connectivity index (χ3v) is 8.73. The molecule has 0 aliphatic rings. The van der Waals surface area contributed by atoms with Crippen molar-refractivity contribution in [1.29, 1.82) is 0 Å². The van der Waals surface area contributed by atoms with Gasteiger partial charge in [0.15, 0.2) is 0 Å². The van der Waals surface area contributed by atoms with Gasteiger partial charge in [0, 0.05) is 13.5 Å². The number of hydrogen-bond acceptors (Lipinski definition) is 7. The van der Waals surface area contributed by atoms with E-state index in [0.29, 0.717) is 32.2 Å². The predicted octanol–water partition coefficient (Wildman–Crippen LogP) is 3.34. The van der Waals surface area contributed by atoms with Crippen LogP contribution in [0, 0.1) is 11.8 Å². The minimum atomic E-state index is -0.945. The highest BCUT2D eigenvalue weighted by molar-refractivity contribution is 5.94. The van der Waals surface area contributed by atoms with E-state index in [-0.39, 0.29) is 30.2 Å². The van der Waals surface area contributed by atoms with Crippen molar-refractivity contribution >= 4 is 35.4 Å². The normalized spacial score (nSPS) is 12.9. The van der Waals surface area contributed by atoms with Gasteiger partial charge in [0.25, 0.3) is 0 Å². The highest BCUT2D eigenvalue weighted by atomic mass is 16.2. The van der Waals surface area contributed by atoms with E-state index in [1.165, 1.54) is 71.3 Å². The van der Waals surface area contributed by atoms with Gasteiger partial charge in [-0.25, -0.2) is 0 Å². The molecule has 0 saturated heterocycles. The molecule has 8 N–H and O–H groups in total. The summed E-state index contributed by atoms with van der Waals surface area (Å²) >= 11 is 0. The Morgan fingerprint density at radius 1 is 0.520 bits per heavy atom. The zero-order chi connectivity index (χ0) is 37.7. The van der Waals surface area contributed by atoms with Gasteiger partial charge in [-0.3, -0.25) is 28.8 Å². The Kier molecular flexibility index (Phi) is 27.6. The molecular formula is C37H71N7O6. The first-order valence-electron chi connectivity index (χ1n) is 19.2. The van der Waals surface area contributed by atoms with Crippen molar-refractivity contribution in [3.63, 3.8) is 0 Å². The number of hydrogen-bond donors (Lipinski definition) is 7. The quantitative estimate of drug-likeness (QED) is 0.0555. The van der Waals surface area contributed by atoms with Crippen LogP contribution in [0.2, 0.25) is 0 Å². The topological polar surface area (TPSA) is 201 Å². The molecule has 0 unspecified atom stereocenters. The Balaban J connectivity index is 4.60. The molecule has 0 spiro atoms. The third-order valence-electron chi connectivity index (χ3n) is 8.73. The van der Waals surface area contributed by atoms with Crippen LogP contribution in [0.5, 0.6) is 0 Å². The SMILES string of the molecule is CCCCCCCCCCCCCCCC(=O)N[C@H](C(=O)N[C@H](C(=O)NCC(=O)NCC(=O)N[C@@H](CCCCN)C(=O)NC)C(C)C)C(C)C. The third kappa shape index (κ3) is 23.2. The van der Waals surface area contributed by atoms with Crippen LogP contribution in [0.25, 0.3) is 0 Å². The monoisotopic (exact) mass is 710 g/mol. The molecule has 0 aromatic carbocycles. The Morgan fingerprint density at radius 3 is 1.52 bits per heavy atom. The van der Waals surface area contributed by atoms with Crippen LogP contribution in [-0.4, -0.2) is 80.3 Å². The van der Waals surface area contributed by atoms with Crippen LogP contribution >= 0.6 is 0 Å². The number of amides is 6. The summed E-state index contributed by atoms with van der Waals surface area (Å²) in [5.41, 5.74) is 5.50. The number of carbonyl (C=O) groups excluding carboxylic acids is 6. The number of carbonyl (C=O) groups is 6. The van der Waals surface area contributed by atoms with E-state index < -0.39 is 48.3 Å². The molecule has 13 heteroatoms. The first-order chi connectivity index (χ1) is 23.9. The van der Waals surface area contributed by atoms with Gasteiger partial charge >= 0.3 is 0 Å². The van der Waals surface area contributed by atoms with Gasteiger partial charge in [0.2, 0.25) is 35.4 Å². The molecule has 290 valence electrons. The number of nitrogens with two attached hydrogens (primary N) is 1. The second-order valence-corrected chi connectivity index (χ2v) is 14.0. The van der Waals surface area contributed by atoms with Crippen LogP contribution in [0.15, 0.2) is 0 Å². The first-order valence-corrected chi connectivity index (χ1v) is 19.2. The maximum absolute atomic E-state index is 13.2. The molecule has 3 atom stereocenters. The molecule has 0 bridgehead atoms. The van der Waals surface area contributed by atoms with Crippen LogP contribution in [0.3, 0.4) is 0 Å². The van der Waals surface area contributed by atoms with Crippen molar-refractivity contribution in [3.8, 4) is 0 Å². The largest absolute Gasteiger partial charge is 0.357 e. The Labute approximate surface area is 301 Å². The van der Waals surface area contributed by atoms with Gasteiger partial charge in [0.1, 0.15) is 18.1 Å². The van der Waals surface area contributed by atoms with Gasteiger partial charge in [-0.05, 0) is 44.1 Å². The van der Waals surface area contributed by atoms with Gasteiger partial charge in [0.05, 0.1) is 13.1 Å². The Morgan fingerprint density at radius 2 is 1.02 bits per heavy atom. The van der Waals surface area contributed by atoms with Crippen LogP contribution in [-0.2, 0) is 28.8 Å². The predicted molar refractivity (Wildman–Crippen MR) is 199 cm³/mol. The average molecular weight is 710 g/mol. The fourth-order valence-corrected chi connectivity index (χ4v) is 5.56. The first kappa shape index (κ1) is 46.8. The van der Waals surface area contributed by atoms with E-state index in [9.17, 15) is 28.8 Å². The standard InChI is InChI=1S/C37H71N7O6/c1-7-8-9-10-11-12-13-14-15-16-17-18-19-23-30(45)43-34(28(4)5)37(50)44-33(27(2)3)36(49)41-25-31(46)40-26-32(47)42-29(35(48)39-6)22-20-21-24-38/h27-29,33-34H,7-26,38H2,1-6H3,(H,39,48)(H,40,46)(H,41,49)(H,42,47)(H,43,45)(H,44,50)/t29-,33-,34-/m0/s1. The number of unbranched alkanes of at least 4 members (excludes halogenated alkanes) is 13. The van der Waals surface area contributed by atoms with Crippen LogP contribution in [0.1, 0.15) is 144 Å². The van der Waals surface area contributed by atoms with E-state index in [2.05, 4.69) is 38.8 Å². The molecule has 0 radical (unpaired) electrons. The summed E-state index contributed by atoms with van der Waals surface area (Å²) < 4.78 is 0. The van der Waals surface area contributed by atoms with Crippen molar-refractivity contribution < 1.29 is 28.8 Å². The van der Waals surface area contributed by atoms with Gasteiger partial charge in [-0.15, -0.1) is 0 Å². The van der Waals surface area contributed by atoms with E-state index in [0.717, 1.165) is 19.3 Å². The molecule has 0 heterocycles. The summed E-state index contributed by atoms with van der Waals surface area (Å²) in [5.74, 6) is -3.23. The molecule has 0 aromatic rings. The van der Waals surface area contributed by atoms with Crippen molar-refractivity contribution in [2.75, 3.05) is 26.7 Å². The lowest BCUT2D eigenvalue weighted by Crippen LogP contribution is -2.57. The summed E-state index contributed by atoms with van der Waals surface area (Å²) in [4.78, 5) is 75.7. The van der Waals surface area contributed by atoms with E-state index in [1.54, 1.807) is 13.8 Å². The fraction of sp³-hybridized carbons (Fsp3) is 0.838. The maximum atomic E-state index is 13.2. The summed E-state index contributed by atoms with van der Waals surface area (Å²) in [6.07, 6.45) is 18.0. The average Bonchev–Trinajstić information content (AvgIpc) is 3.08. The van der Waals surface area contributed by atoms with Crippen molar-refractivity contribution in [2.24, 2.45) is 17.6 Å². The lowest BCUT2D eigenvalue weighted by Gasteiger charge is -2.27. The lowest BCUT2D eigenvalue weighted by atomic mass is 9.99. The minimum Gasteiger partial charge on any atom is -0.357 e. The Hall–Kier alpha value is -3.22. The number of likely N-dealkylation sites (N-methyl/N-ethyl adjacent to an activating group) is 1. The second-order valence-electron chi connectivity index (χ2n) is 14.0. The highest BCUT2D eigenvalue weighted by Gasteiger charge is 2.30. The molecule has 0 saturated carbocycles. The molecule has 13 nitrogen and oxygen atoms in total. The fourth-order valence-electron chi connectivity index (χ4n) is 5.56. The lowest BCUT2D eigenvalue weighted by molar-refractivity contribution is -0.134. The summed E-state index contributed by atoms with van der Waals surface area (Å²) in [5, 5.41) is 15.6. The number of rotatable bonds is 30.